The van der Waals surface area contributed by atoms with Gasteiger partial charge in [0.05, 0.1) is 6.10 Å². The van der Waals surface area contributed by atoms with Crippen molar-refractivity contribution in [2.24, 2.45) is 0 Å². The number of hydrogen-bond donors (Lipinski definition) is 2. The number of carbonyl (C=O) groups is 2. The van der Waals surface area contributed by atoms with Crippen LogP contribution in [0.5, 0.6) is 17.2 Å². The van der Waals surface area contributed by atoms with Gasteiger partial charge in [-0.25, -0.2) is 0 Å². The lowest BCUT2D eigenvalue weighted by Crippen LogP contribution is -2.55. The van der Waals surface area contributed by atoms with E-state index in [1.165, 1.54) is 0 Å². The molecule has 8 heteroatoms. The number of carbonyl (C=O) groups excluding carboxylic acids is 2. The minimum atomic E-state index is -0.774. The molecule has 4 atom stereocenters. The molecule has 1 saturated heterocycles. The summed E-state index contributed by atoms with van der Waals surface area (Å²) in [7, 11) is 0. The largest absolute Gasteiger partial charge is 0.508 e. The molecule has 0 saturated carbocycles. The molecule has 8 nitrogen and oxygen atoms in total. The molecule has 0 spiro atoms. The molecule has 1 aliphatic heterocycles. The lowest BCUT2D eigenvalue weighted by Gasteiger charge is -2.42. The highest BCUT2D eigenvalue weighted by Gasteiger charge is 2.34. The minimum absolute atomic E-state index is 0.0819. The third-order valence-electron chi connectivity index (χ3n) is 7.40. The zero-order valence-electron chi connectivity index (χ0n) is 23.9. The van der Waals surface area contributed by atoms with Crippen LogP contribution in [0.15, 0.2) is 72.8 Å². The van der Waals surface area contributed by atoms with Gasteiger partial charge in [0, 0.05) is 43.1 Å². The normalized spacial score (nSPS) is 18.8. The van der Waals surface area contributed by atoms with Gasteiger partial charge in [-0.1, -0.05) is 26.0 Å². The molecule has 4 rings (SSSR count). The van der Waals surface area contributed by atoms with Crippen molar-refractivity contribution in [3.8, 4) is 17.2 Å². The molecule has 218 valence electrons. The van der Waals surface area contributed by atoms with Crippen molar-refractivity contribution in [3.63, 3.8) is 0 Å². The Morgan fingerprint density at radius 2 is 1.24 bits per heavy atom. The van der Waals surface area contributed by atoms with Crippen LogP contribution in [0.2, 0.25) is 0 Å². The number of phenolic OH excluding ortho intramolecular Hbond substituents is 1. The Bertz CT molecular complexity index is 1200. The predicted octanol–water partition coefficient (Wildman–Crippen LogP) is 5.23. The summed E-state index contributed by atoms with van der Waals surface area (Å²) in [6, 6.07) is 20.5. The van der Waals surface area contributed by atoms with Gasteiger partial charge in [-0.3, -0.25) is 14.5 Å². The number of phenols is 1. The van der Waals surface area contributed by atoms with Gasteiger partial charge in [-0.15, -0.1) is 0 Å². The first-order valence-corrected chi connectivity index (χ1v) is 14.2. The summed E-state index contributed by atoms with van der Waals surface area (Å²) < 4.78 is 18.4. The van der Waals surface area contributed by atoms with E-state index in [1.54, 1.807) is 72.8 Å². The number of ether oxygens (including phenoxy) is 3. The van der Waals surface area contributed by atoms with Gasteiger partial charge < -0.3 is 24.4 Å². The number of rotatable bonds is 13. The number of aromatic hydroxyl groups is 1. The summed E-state index contributed by atoms with van der Waals surface area (Å²) in [5.41, 5.74) is 2.02. The number of benzene rings is 3. The minimum Gasteiger partial charge on any atom is -0.508 e. The highest BCUT2D eigenvalue weighted by molar-refractivity contribution is 5.96. The van der Waals surface area contributed by atoms with Crippen LogP contribution in [-0.2, 0) is 4.74 Å². The van der Waals surface area contributed by atoms with Crippen LogP contribution >= 0.6 is 0 Å². The van der Waals surface area contributed by atoms with Crippen LogP contribution in [-0.4, -0.2) is 71.2 Å². The summed E-state index contributed by atoms with van der Waals surface area (Å²) in [5, 5.41) is 20.8. The molecule has 3 aromatic rings. The number of aliphatic hydroxyl groups is 1. The molecular formula is C33H39NO7. The maximum atomic E-state index is 11.9. The third-order valence-corrected chi connectivity index (χ3v) is 7.40. The average Bonchev–Trinajstić information content (AvgIpc) is 3.02. The fraction of sp³-hybridized carbons (Fsp3) is 0.394. The maximum absolute atomic E-state index is 11.9. The van der Waals surface area contributed by atoms with Crippen molar-refractivity contribution >= 4 is 11.6 Å². The fourth-order valence-electron chi connectivity index (χ4n) is 4.88. The Labute approximate surface area is 241 Å². The van der Waals surface area contributed by atoms with E-state index in [-0.39, 0.29) is 48.8 Å². The standard InChI is InChI=1S/C33H39NO7/c1-4-31(36)23-8-14-27(15-9-23)39-20-29-18-34(22(3)33(38)25-6-12-26(35)13-7-25)19-30(41-29)21-40-28-16-10-24(11-17-28)32(37)5-2/h6-17,22,29-30,33,35,38H,4-5,18-21H2,1-3H3/t22-,29-,30+,33+/m0/s1. The highest BCUT2D eigenvalue weighted by atomic mass is 16.6. The van der Waals surface area contributed by atoms with E-state index < -0.39 is 6.10 Å². The van der Waals surface area contributed by atoms with Gasteiger partial charge in [-0.05, 0) is 73.2 Å². The van der Waals surface area contributed by atoms with Gasteiger partial charge in [0.15, 0.2) is 11.6 Å². The second-order valence-electron chi connectivity index (χ2n) is 10.3. The Morgan fingerprint density at radius 1 is 0.805 bits per heavy atom. The molecule has 0 amide bonds. The molecular weight excluding hydrogens is 522 g/mol. The topological polar surface area (TPSA) is 106 Å². The first-order chi connectivity index (χ1) is 19.8. The van der Waals surface area contributed by atoms with Crippen LogP contribution in [0.4, 0.5) is 0 Å². The molecule has 41 heavy (non-hydrogen) atoms. The number of Topliss-reactive ketones (excluding diaryl/α,β-unsaturated/α-hetero) is 2. The van der Waals surface area contributed by atoms with Gasteiger partial charge >= 0.3 is 0 Å². The van der Waals surface area contributed by atoms with Crippen molar-refractivity contribution in [1.29, 1.82) is 0 Å². The quantitative estimate of drug-likeness (QED) is 0.274. The third kappa shape index (κ3) is 8.16. The highest BCUT2D eigenvalue weighted by Crippen LogP contribution is 2.26. The van der Waals surface area contributed by atoms with Crippen molar-refractivity contribution in [1.82, 2.24) is 4.90 Å². The van der Waals surface area contributed by atoms with Crippen molar-refractivity contribution < 1.29 is 34.0 Å². The van der Waals surface area contributed by atoms with Gasteiger partial charge in [0.2, 0.25) is 0 Å². The Kier molecular flexibility index (Phi) is 10.5. The zero-order valence-corrected chi connectivity index (χ0v) is 23.9. The number of aliphatic hydroxyl groups excluding tert-OH is 1. The Balaban J connectivity index is 1.43. The van der Waals surface area contributed by atoms with Crippen LogP contribution in [0.3, 0.4) is 0 Å². The molecule has 0 aliphatic carbocycles. The van der Waals surface area contributed by atoms with Gasteiger partial charge in [0.25, 0.3) is 0 Å². The van der Waals surface area contributed by atoms with Gasteiger partial charge in [0.1, 0.15) is 42.7 Å². The number of hydrogen-bond acceptors (Lipinski definition) is 8. The molecule has 0 unspecified atom stereocenters. The van der Waals surface area contributed by atoms with Crippen LogP contribution in [0, 0.1) is 0 Å². The van der Waals surface area contributed by atoms with E-state index in [0.29, 0.717) is 54.1 Å². The second-order valence-corrected chi connectivity index (χ2v) is 10.3. The molecule has 3 aromatic carbocycles. The lowest BCUT2D eigenvalue weighted by atomic mass is 10.0. The molecule has 0 radical (unpaired) electrons. The number of ketones is 2. The summed E-state index contributed by atoms with van der Waals surface area (Å²) in [6.45, 7) is 7.27. The van der Waals surface area contributed by atoms with E-state index in [1.807, 2.05) is 20.8 Å². The van der Waals surface area contributed by atoms with E-state index in [9.17, 15) is 19.8 Å². The molecule has 0 aromatic heterocycles. The van der Waals surface area contributed by atoms with Crippen LogP contribution < -0.4 is 9.47 Å². The molecule has 1 aliphatic rings. The van der Waals surface area contributed by atoms with E-state index in [4.69, 9.17) is 14.2 Å². The first kappa shape index (κ1) is 30.2. The van der Waals surface area contributed by atoms with Crippen LogP contribution in [0.25, 0.3) is 0 Å². The predicted molar refractivity (Wildman–Crippen MR) is 156 cm³/mol. The molecule has 0 bridgehead atoms. The van der Waals surface area contributed by atoms with Crippen LogP contribution in [0.1, 0.15) is 66.0 Å². The SMILES string of the molecule is CCC(=O)c1ccc(OC[C@@H]2CN([C@@H](C)[C@@H](O)c3ccc(O)cc3)C[C@H](COc3ccc(C(=O)CC)cc3)O2)cc1. The summed E-state index contributed by atoms with van der Waals surface area (Å²) >= 11 is 0. The Morgan fingerprint density at radius 3 is 1.66 bits per heavy atom. The average molecular weight is 562 g/mol. The second kappa shape index (κ2) is 14.3. The molecule has 1 heterocycles. The lowest BCUT2D eigenvalue weighted by molar-refractivity contribution is -0.128. The van der Waals surface area contributed by atoms with E-state index in [0.717, 1.165) is 0 Å². The zero-order chi connectivity index (χ0) is 29.4. The maximum Gasteiger partial charge on any atom is 0.162 e. The fourth-order valence-corrected chi connectivity index (χ4v) is 4.88. The monoisotopic (exact) mass is 561 g/mol. The molecule has 1 fully saturated rings. The number of nitrogens with zero attached hydrogens (tertiary/aromatic N) is 1. The number of morpholine rings is 1. The first-order valence-electron chi connectivity index (χ1n) is 14.2. The molecule has 2 N–H and O–H groups in total. The smallest absolute Gasteiger partial charge is 0.162 e. The summed E-state index contributed by atoms with van der Waals surface area (Å²) in [6.07, 6.45) is -0.472. The Hall–Kier alpha value is -3.72. The summed E-state index contributed by atoms with van der Waals surface area (Å²) in [5.74, 6) is 1.60. The van der Waals surface area contributed by atoms with E-state index in [2.05, 4.69) is 4.90 Å². The summed E-state index contributed by atoms with van der Waals surface area (Å²) in [4.78, 5) is 26.0. The van der Waals surface area contributed by atoms with Crippen molar-refractivity contribution in [2.75, 3.05) is 26.3 Å². The van der Waals surface area contributed by atoms with E-state index >= 15 is 0 Å². The van der Waals surface area contributed by atoms with Crippen molar-refractivity contribution in [2.45, 2.75) is 58.0 Å². The van der Waals surface area contributed by atoms with Gasteiger partial charge in [-0.2, -0.15) is 0 Å². The van der Waals surface area contributed by atoms with Crippen molar-refractivity contribution in [3.05, 3.63) is 89.5 Å².